The van der Waals surface area contributed by atoms with Crippen LogP contribution in [0.1, 0.15) is 5.56 Å². The first-order chi connectivity index (χ1) is 12.4. The summed E-state index contributed by atoms with van der Waals surface area (Å²) in [6, 6.07) is 7.23. The van der Waals surface area contributed by atoms with E-state index in [0.717, 1.165) is 32.2 Å². The van der Waals surface area contributed by atoms with Gasteiger partial charge in [0.2, 0.25) is 0 Å². The highest BCUT2D eigenvalue weighted by atomic mass is 79.9. The van der Waals surface area contributed by atoms with Crippen LogP contribution in [-0.2, 0) is 7.05 Å². The monoisotopic (exact) mass is 411 g/mol. The zero-order valence-corrected chi connectivity index (χ0v) is 15.6. The topological polar surface area (TPSA) is 89.6 Å². The average Bonchev–Trinajstić information content (AvgIpc) is 3.18. The maximum absolute atomic E-state index is 11.4. The second-order valence-electron chi connectivity index (χ2n) is 6.09. The lowest BCUT2D eigenvalue weighted by Crippen LogP contribution is -1.92. The Morgan fingerprint density at radius 3 is 2.73 bits per heavy atom. The fraction of sp³-hybridized carbons (Fsp3) is 0.111. The summed E-state index contributed by atoms with van der Waals surface area (Å²) >= 11 is 3.46. The third kappa shape index (κ3) is 2.68. The Balaban J connectivity index is 2.06. The molecule has 0 saturated carbocycles. The van der Waals surface area contributed by atoms with Crippen molar-refractivity contribution in [2.75, 3.05) is 0 Å². The molecular weight excluding hydrogens is 398 g/mol. The van der Waals surface area contributed by atoms with E-state index in [1.165, 1.54) is 0 Å². The van der Waals surface area contributed by atoms with E-state index in [1.54, 1.807) is 36.1 Å². The fourth-order valence-electron chi connectivity index (χ4n) is 3.07. The predicted octanol–water partition coefficient (Wildman–Crippen LogP) is 4.61. The molecule has 0 fully saturated rings. The molecule has 0 aliphatic rings. The van der Waals surface area contributed by atoms with E-state index in [1.807, 2.05) is 25.4 Å². The van der Waals surface area contributed by atoms with Crippen LogP contribution in [0.25, 0.3) is 33.4 Å². The summed E-state index contributed by atoms with van der Waals surface area (Å²) < 4.78 is 2.55. The molecule has 7 nitrogen and oxygen atoms in total. The van der Waals surface area contributed by atoms with E-state index in [9.17, 15) is 10.1 Å². The van der Waals surface area contributed by atoms with Crippen LogP contribution in [0.4, 0.5) is 5.69 Å². The van der Waals surface area contributed by atoms with Gasteiger partial charge in [-0.15, -0.1) is 0 Å². The highest BCUT2D eigenvalue weighted by Gasteiger charge is 2.20. The highest BCUT2D eigenvalue weighted by Crippen LogP contribution is 2.39. The van der Waals surface area contributed by atoms with E-state index < -0.39 is 0 Å². The van der Waals surface area contributed by atoms with Crippen LogP contribution >= 0.6 is 15.9 Å². The summed E-state index contributed by atoms with van der Waals surface area (Å²) in [4.78, 5) is 18.8. The number of benzene rings is 1. The molecular formula is C18H14BrN5O2. The van der Waals surface area contributed by atoms with Gasteiger partial charge in [0.25, 0.3) is 5.69 Å². The summed E-state index contributed by atoms with van der Waals surface area (Å²) in [5.74, 6) is 0. The standard InChI is InChI=1S/C18H14BrN5O2/c1-10-3-4-11(5-15(10)24(25)26)16-14-6-13(19)8-20-18(14)22-17(16)12-7-21-23(2)9-12/h3-9H,1-2H3,(H,20,22). The minimum atomic E-state index is -0.356. The number of hydrogen-bond acceptors (Lipinski definition) is 4. The number of halogens is 1. The first kappa shape index (κ1) is 16.5. The lowest BCUT2D eigenvalue weighted by atomic mass is 9.98. The molecule has 8 heteroatoms. The van der Waals surface area contributed by atoms with Crippen molar-refractivity contribution in [1.82, 2.24) is 19.7 Å². The number of nitrogens with zero attached hydrogens (tertiary/aromatic N) is 4. The normalized spacial score (nSPS) is 11.2. The SMILES string of the molecule is Cc1ccc(-c2c(-c3cnn(C)c3)[nH]c3ncc(Br)cc23)cc1[N+](=O)[O-]. The molecule has 0 radical (unpaired) electrons. The lowest BCUT2D eigenvalue weighted by Gasteiger charge is -2.06. The number of fused-ring (bicyclic) bond motifs is 1. The van der Waals surface area contributed by atoms with E-state index in [-0.39, 0.29) is 10.6 Å². The number of aryl methyl sites for hydroxylation is 2. The molecule has 1 aromatic carbocycles. The van der Waals surface area contributed by atoms with Gasteiger partial charge in [-0.1, -0.05) is 12.1 Å². The number of H-pyrrole nitrogens is 1. The van der Waals surface area contributed by atoms with Gasteiger partial charge in [-0.3, -0.25) is 14.8 Å². The zero-order valence-electron chi connectivity index (χ0n) is 14.0. The van der Waals surface area contributed by atoms with Gasteiger partial charge >= 0.3 is 0 Å². The fourth-order valence-corrected chi connectivity index (χ4v) is 3.40. The van der Waals surface area contributed by atoms with Gasteiger partial charge in [-0.2, -0.15) is 5.10 Å². The largest absolute Gasteiger partial charge is 0.339 e. The van der Waals surface area contributed by atoms with Crippen molar-refractivity contribution in [3.8, 4) is 22.4 Å². The van der Waals surface area contributed by atoms with E-state index in [2.05, 4.69) is 31.0 Å². The summed E-state index contributed by atoms with van der Waals surface area (Å²) in [6.45, 7) is 1.73. The first-order valence-electron chi connectivity index (χ1n) is 7.85. The van der Waals surface area contributed by atoms with E-state index >= 15 is 0 Å². The number of nitrogens with one attached hydrogen (secondary N) is 1. The summed E-state index contributed by atoms with van der Waals surface area (Å²) in [5, 5.41) is 16.5. The molecule has 130 valence electrons. The van der Waals surface area contributed by atoms with Gasteiger partial charge in [0.1, 0.15) is 5.65 Å². The molecule has 0 bridgehead atoms. The Morgan fingerprint density at radius 1 is 1.23 bits per heavy atom. The maximum atomic E-state index is 11.4. The number of nitro groups is 1. The number of hydrogen-bond donors (Lipinski definition) is 1. The molecule has 0 amide bonds. The number of nitro benzene ring substituents is 1. The average molecular weight is 412 g/mol. The summed E-state index contributed by atoms with van der Waals surface area (Å²) in [7, 11) is 1.84. The van der Waals surface area contributed by atoms with Crippen LogP contribution in [0.5, 0.6) is 0 Å². The summed E-state index contributed by atoms with van der Waals surface area (Å²) in [6.07, 6.45) is 5.37. The molecule has 4 rings (SSSR count). The number of rotatable bonds is 3. The molecule has 26 heavy (non-hydrogen) atoms. The van der Waals surface area contributed by atoms with Crippen molar-refractivity contribution in [2.45, 2.75) is 6.92 Å². The third-order valence-electron chi connectivity index (χ3n) is 4.31. The molecule has 3 aromatic heterocycles. The Hall–Kier alpha value is -3.00. The van der Waals surface area contributed by atoms with Gasteiger partial charge in [-0.25, -0.2) is 4.98 Å². The van der Waals surface area contributed by atoms with Crippen LogP contribution < -0.4 is 0 Å². The number of aromatic amines is 1. The first-order valence-corrected chi connectivity index (χ1v) is 8.65. The number of pyridine rings is 1. The van der Waals surface area contributed by atoms with Crippen LogP contribution in [0.15, 0.2) is 47.3 Å². The summed E-state index contributed by atoms with van der Waals surface area (Å²) in [5.41, 5.74) is 4.77. The van der Waals surface area contributed by atoms with Crippen molar-refractivity contribution in [1.29, 1.82) is 0 Å². The third-order valence-corrected chi connectivity index (χ3v) is 4.74. The minimum absolute atomic E-state index is 0.0944. The van der Waals surface area contributed by atoms with Crippen LogP contribution in [0.3, 0.4) is 0 Å². The molecule has 0 aliphatic carbocycles. The molecule has 0 aliphatic heterocycles. The molecule has 0 atom stereocenters. The van der Waals surface area contributed by atoms with E-state index in [0.29, 0.717) is 11.2 Å². The van der Waals surface area contributed by atoms with Gasteiger partial charge < -0.3 is 4.98 Å². The van der Waals surface area contributed by atoms with Gasteiger partial charge in [0, 0.05) is 52.1 Å². The molecule has 0 saturated heterocycles. The van der Waals surface area contributed by atoms with Crippen LogP contribution in [0.2, 0.25) is 0 Å². The Morgan fingerprint density at radius 2 is 2.04 bits per heavy atom. The lowest BCUT2D eigenvalue weighted by molar-refractivity contribution is -0.385. The Kier molecular flexibility index (Phi) is 3.84. The quantitative estimate of drug-likeness (QED) is 0.393. The Bertz CT molecular complexity index is 1160. The van der Waals surface area contributed by atoms with Crippen molar-refractivity contribution in [3.63, 3.8) is 0 Å². The highest BCUT2D eigenvalue weighted by molar-refractivity contribution is 9.10. The van der Waals surface area contributed by atoms with Crippen molar-refractivity contribution in [2.24, 2.45) is 7.05 Å². The van der Waals surface area contributed by atoms with E-state index in [4.69, 9.17) is 0 Å². The van der Waals surface area contributed by atoms with Crippen LogP contribution in [0, 0.1) is 17.0 Å². The smallest absolute Gasteiger partial charge is 0.272 e. The molecule has 0 unspecified atom stereocenters. The zero-order chi connectivity index (χ0) is 18.4. The number of aromatic nitrogens is 4. The molecule has 1 N–H and O–H groups in total. The Labute approximate surface area is 157 Å². The second kappa shape index (κ2) is 6.06. The maximum Gasteiger partial charge on any atom is 0.272 e. The van der Waals surface area contributed by atoms with Gasteiger partial charge in [0.05, 0.1) is 16.8 Å². The molecule has 3 heterocycles. The van der Waals surface area contributed by atoms with Crippen molar-refractivity contribution in [3.05, 3.63) is 63.0 Å². The van der Waals surface area contributed by atoms with Crippen molar-refractivity contribution >= 4 is 32.7 Å². The van der Waals surface area contributed by atoms with Crippen LogP contribution in [-0.4, -0.2) is 24.7 Å². The molecule has 0 spiro atoms. The minimum Gasteiger partial charge on any atom is -0.339 e. The molecule has 4 aromatic rings. The predicted molar refractivity (Wildman–Crippen MR) is 103 cm³/mol. The second-order valence-corrected chi connectivity index (χ2v) is 7.00. The van der Waals surface area contributed by atoms with Crippen molar-refractivity contribution < 1.29 is 4.92 Å². The van der Waals surface area contributed by atoms with Gasteiger partial charge in [-0.05, 0) is 34.5 Å². The van der Waals surface area contributed by atoms with Gasteiger partial charge in [0.15, 0.2) is 0 Å².